The lowest BCUT2D eigenvalue weighted by atomic mass is 10.1. The molecule has 4 heteroatoms. The summed E-state index contributed by atoms with van der Waals surface area (Å²) in [6.07, 6.45) is 8.24. The number of carbonyl (C=O) groups excluding carboxylic acids is 1. The normalized spacial score (nSPS) is 20.6. The summed E-state index contributed by atoms with van der Waals surface area (Å²) >= 11 is 3.38. The predicted octanol–water partition coefficient (Wildman–Crippen LogP) is 3.25. The van der Waals surface area contributed by atoms with Crippen LogP contribution in [0.25, 0.3) is 0 Å². The van der Waals surface area contributed by atoms with E-state index in [1.165, 1.54) is 12.8 Å². The first-order chi connectivity index (χ1) is 8.66. The lowest BCUT2D eigenvalue weighted by molar-refractivity contribution is 0.0653. The zero-order chi connectivity index (χ0) is 12.7. The summed E-state index contributed by atoms with van der Waals surface area (Å²) in [5.74, 6) is 0.861. The molecular weight excluding hydrogens is 292 g/mol. The van der Waals surface area contributed by atoms with Crippen LogP contribution in [0, 0.1) is 5.92 Å². The summed E-state index contributed by atoms with van der Waals surface area (Å²) in [6.45, 7) is 2.19. The van der Waals surface area contributed by atoms with Gasteiger partial charge in [-0.05, 0) is 60.5 Å². The van der Waals surface area contributed by atoms with E-state index in [1.807, 2.05) is 6.07 Å². The third-order valence-electron chi connectivity index (χ3n) is 3.87. The molecule has 1 aromatic rings. The van der Waals surface area contributed by atoms with Gasteiger partial charge < -0.3 is 4.90 Å². The topological polar surface area (TPSA) is 33.2 Å². The minimum Gasteiger partial charge on any atom is -0.333 e. The summed E-state index contributed by atoms with van der Waals surface area (Å²) < 4.78 is 0.864. The fraction of sp³-hybridized carbons (Fsp3) is 0.571. The van der Waals surface area contributed by atoms with E-state index in [9.17, 15) is 4.79 Å². The van der Waals surface area contributed by atoms with Crippen LogP contribution in [0.3, 0.4) is 0 Å². The van der Waals surface area contributed by atoms with Gasteiger partial charge in [0.05, 0.1) is 5.56 Å². The Kier molecular flexibility index (Phi) is 3.14. The summed E-state index contributed by atoms with van der Waals surface area (Å²) in [7, 11) is 0. The molecule has 96 valence electrons. The molecule has 0 spiro atoms. The van der Waals surface area contributed by atoms with Crippen LogP contribution in [-0.2, 0) is 0 Å². The summed E-state index contributed by atoms with van der Waals surface area (Å²) in [4.78, 5) is 18.8. The minimum atomic E-state index is 0.144. The van der Waals surface area contributed by atoms with Crippen molar-refractivity contribution in [3.63, 3.8) is 0 Å². The highest BCUT2D eigenvalue weighted by atomic mass is 79.9. The average Bonchev–Trinajstić information content (AvgIpc) is 3.21. The van der Waals surface area contributed by atoms with E-state index in [-0.39, 0.29) is 5.91 Å². The molecule has 3 rings (SSSR count). The molecule has 1 atom stereocenters. The van der Waals surface area contributed by atoms with Gasteiger partial charge in [0, 0.05) is 29.0 Å². The van der Waals surface area contributed by atoms with Crippen LogP contribution in [-0.4, -0.2) is 27.9 Å². The van der Waals surface area contributed by atoms with Gasteiger partial charge in [0.15, 0.2) is 0 Å². The Morgan fingerprint density at radius 1 is 1.39 bits per heavy atom. The highest BCUT2D eigenvalue weighted by molar-refractivity contribution is 9.10. The highest BCUT2D eigenvalue weighted by Gasteiger charge is 2.41. The summed E-state index contributed by atoms with van der Waals surface area (Å²) in [5.41, 5.74) is 0.698. The van der Waals surface area contributed by atoms with Crippen molar-refractivity contribution in [2.24, 2.45) is 5.92 Å². The van der Waals surface area contributed by atoms with Crippen molar-refractivity contribution in [1.29, 1.82) is 0 Å². The van der Waals surface area contributed by atoms with Crippen LogP contribution in [0.4, 0.5) is 0 Å². The molecule has 0 aliphatic heterocycles. The number of hydrogen-bond donors (Lipinski definition) is 0. The van der Waals surface area contributed by atoms with Crippen molar-refractivity contribution < 1.29 is 4.79 Å². The van der Waals surface area contributed by atoms with Crippen molar-refractivity contribution in [1.82, 2.24) is 9.88 Å². The number of halogens is 1. The molecule has 1 amide bonds. The van der Waals surface area contributed by atoms with Crippen molar-refractivity contribution in [3.05, 3.63) is 28.5 Å². The number of aromatic nitrogens is 1. The standard InChI is InChI=1S/C14H17BrN2O/c1-9(10-2-3-10)17(13-4-5-13)14(18)11-6-12(15)8-16-7-11/h6-10,13H,2-5H2,1H3/t9-/m1/s1. The molecule has 0 saturated heterocycles. The number of rotatable bonds is 4. The van der Waals surface area contributed by atoms with E-state index in [0.29, 0.717) is 17.6 Å². The molecule has 0 unspecified atom stereocenters. The number of nitrogens with zero attached hydrogens (tertiary/aromatic N) is 2. The molecule has 18 heavy (non-hydrogen) atoms. The number of carbonyl (C=O) groups is 1. The fourth-order valence-electron chi connectivity index (χ4n) is 2.52. The number of hydrogen-bond acceptors (Lipinski definition) is 2. The van der Waals surface area contributed by atoms with Crippen LogP contribution < -0.4 is 0 Å². The molecular formula is C14H17BrN2O. The van der Waals surface area contributed by atoms with E-state index < -0.39 is 0 Å². The van der Waals surface area contributed by atoms with Crippen molar-refractivity contribution in [2.75, 3.05) is 0 Å². The number of amides is 1. The molecule has 0 N–H and O–H groups in total. The van der Waals surface area contributed by atoms with Gasteiger partial charge in [-0.2, -0.15) is 0 Å². The van der Waals surface area contributed by atoms with Crippen molar-refractivity contribution >= 4 is 21.8 Å². The first kappa shape index (κ1) is 12.2. The Morgan fingerprint density at radius 3 is 2.67 bits per heavy atom. The van der Waals surface area contributed by atoms with Gasteiger partial charge in [0.25, 0.3) is 5.91 Å². The van der Waals surface area contributed by atoms with Crippen LogP contribution in [0.5, 0.6) is 0 Å². The number of pyridine rings is 1. The second kappa shape index (κ2) is 4.65. The lowest BCUT2D eigenvalue weighted by Crippen LogP contribution is -2.41. The maximum Gasteiger partial charge on any atom is 0.255 e. The molecule has 0 bridgehead atoms. The lowest BCUT2D eigenvalue weighted by Gasteiger charge is -2.29. The van der Waals surface area contributed by atoms with Crippen molar-refractivity contribution in [2.45, 2.75) is 44.7 Å². The van der Waals surface area contributed by atoms with Gasteiger partial charge in [-0.15, -0.1) is 0 Å². The van der Waals surface area contributed by atoms with Gasteiger partial charge in [0.2, 0.25) is 0 Å². The maximum absolute atomic E-state index is 12.6. The smallest absolute Gasteiger partial charge is 0.255 e. The molecule has 1 heterocycles. The highest BCUT2D eigenvalue weighted by Crippen LogP contribution is 2.40. The molecule has 0 aromatic carbocycles. The Hall–Kier alpha value is -0.900. The van der Waals surface area contributed by atoms with E-state index in [4.69, 9.17) is 0 Å². The van der Waals surface area contributed by atoms with E-state index in [2.05, 4.69) is 32.7 Å². The third kappa shape index (κ3) is 2.44. The molecule has 2 saturated carbocycles. The van der Waals surface area contributed by atoms with E-state index in [0.717, 1.165) is 23.2 Å². The Morgan fingerprint density at radius 2 is 2.11 bits per heavy atom. The summed E-state index contributed by atoms with van der Waals surface area (Å²) in [6, 6.07) is 2.71. The van der Waals surface area contributed by atoms with E-state index >= 15 is 0 Å². The second-order valence-corrected chi connectivity index (χ2v) is 6.33. The Bertz CT molecular complexity index is 469. The SMILES string of the molecule is C[C@H](C1CC1)N(C(=O)c1cncc(Br)c1)C1CC1. The van der Waals surface area contributed by atoms with Gasteiger partial charge in [0.1, 0.15) is 0 Å². The zero-order valence-electron chi connectivity index (χ0n) is 10.5. The fourth-order valence-corrected chi connectivity index (χ4v) is 2.88. The van der Waals surface area contributed by atoms with Crippen LogP contribution in [0.1, 0.15) is 43.0 Å². The Labute approximate surface area is 116 Å². The molecule has 3 nitrogen and oxygen atoms in total. The quantitative estimate of drug-likeness (QED) is 0.855. The molecule has 2 aliphatic rings. The van der Waals surface area contributed by atoms with Crippen LogP contribution in [0.2, 0.25) is 0 Å². The van der Waals surface area contributed by atoms with Crippen LogP contribution >= 0.6 is 15.9 Å². The first-order valence-electron chi connectivity index (χ1n) is 6.60. The summed E-state index contributed by atoms with van der Waals surface area (Å²) in [5, 5.41) is 0. The van der Waals surface area contributed by atoms with Gasteiger partial charge in [-0.3, -0.25) is 9.78 Å². The Balaban J connectivity index is 1.83. The van der Waals surface area contributed by atoms with Crippen molar-refractivity contribution in [3.8, 4) is 0 Å². The van der Waals surface area contributed by atoms with Gasteiger partial charge >= 0.3 is 0 Å². The molecule has 2 aliphatic carbocycles. The third-order valence-corrected chi connectivity index (χ3v) is 4.30. The monoisotopic (exact) mass is 308 g/mol. The second-order valence-electron chi connectivity index (χ2n) is 5.41. The molecule has 1 aromatic heterocycles. The van der Waals surface area contributed by atoms with Crippen LogP contribution in [0.15, 0.2) is 22.9 Å². The van der Waals surface area contributed by atoms with Gasteiger partial charge in [-0.25, -0.2) is 0 Å². The zero-order valence-corrected chi connectivity index (χ0v) is 12.1. The van der Waals surface area contributed by atoms with E-state index in [1.54, 1.807) is 12.4 Å². The molecule has 2 fully saturated rings. The molecule has 0 radical (unpaired) electrons. The average molecular weight is 309 g/mol. The maximum atomic E-state index is 12.6. The largest absolute Gasteiger partial charge is 0.333 e. The van der Waals surface area contributed by atoms with Gasteiger partial charge in [-0.1, -0.05) is 0 Å². The first-order valence-corrected chi connectivity index (χ1v) is 7.39. The predicted molar refractivity (Wildman–Crippen MR) is 73.3 cm³/mol. The minimum absolute atomic E-state index is 0.144.